The molecule has 0 aliphatic carbocycles. The normalized spacial score (nSPS) is 11.4. The number of anilines is 1. The summed E-state index contributed by atoms with van der Waals surface area (Å²) in [5.41, 5.74) is 3.07. The number of hydrogen-bond donors (Lipinski definition) is 1. The van der Waals surface area contributed by atoms with E-state index in [4.69, 9.17) is 4.74 Å². The van der Waals surface area contributed by atoms with Crippen molar-refractivity contribution in [2.45, 2.75) is 32.6 Å². The summed E-state index contributed by atoms with van der Waals surface area (Å²) >= 11 is 0. The molecule has 0 spiro atoms. The second-order valence-corrected chi connectivity index (χ2v) is 7.33. The Hall–Kier alpha value is -2.28. The second-order valence-electron chi connectivity index (χ2n) is 5.68. The largest absolute Gasteiger partial charge is 0.461 e. The zero-order chi connectivity index (χ0) is 18.1. The maximum Gasteiger partial charge on any atom is 0.354 e. The fourth-order valence-corrected chi connectivity index (χ4v) is 3.89. The van der Waals surface area contributed by atoms with Gasteiger partial charge in [0, 0.05) is 12.7 Å². The summed E-state index contributed by atoms with van der Waals surface area (Å²) in [7, 11) is -2.17. The molecule has 0 aliphatic heterocycles. The monoisotopic (exact) mass is 350 g/mol. The molecular weight excluding hydrogens is 328 g/mol. The van der Waals surface area contributed by atoms with E-state index < -0.39 is 16.0 Å². The van der Waals surface area contributed by atoms with Crippen LogP contribution in [-0.2, 0) is 21.8 Å². The van der Waals surface area contributed by atoms with Crippen molar-refractivity contribution in [3.05, 3.63) is 46.8 Å². The number of aryl methyl sites for hydroxylation is 2. The van der Waals surface area contributed by atoms with E-state index in [0.29, 0.717) is 11.4 Å². The first-order valence-electron chi connectivity index (χ1n) is 7.61. The predicted molar refractivity (Wildman–Crippen MR) is 92.8 cm³/mol. The van der Waals surface area contributed by atoms with E-state index in [1.165, 1.54) is 10.6 Å². The Morgan fingerprint density at radius 3 is 2.46 bits per heavy atom. The third-order valence-corrected chi connectivity index (χ3v) is 5.37. The van der Waals surface area contributed by atoms with E-state index in [0.717, 1.165) is 11.1 Å². The van der Waals surface area contributed by atoms with Crippen LogP contribution in [0.3, 0.4) is 0 Å². The van der Waals surface area contributed by atoms with Crippen molar-refractivity contribution >= 4 is 21.7 Å². The standard InChI is InChI=1S/C17H22N2O4S/c1-6-23-17(20)15-10-16(13(4)19(15)5)24(21,22)18-14-8-7-11(2)9-12(14)3/h7-10,18H,6H2,1-5H3. The molecule has 0 saturated carbocycles. The lowest BCUT2D eigenvalue weighted by atomic mass is 10.1. The molecule has 0 radical (unpaired) electrons. The first-order chi connectivity index (χ1) is 11.2. The Kier molecular flexibility index (Phi) is 5.03. The topological polar surface area (TPSA) is 77.4 Å². The van der Waals surface area contributed by atoms with Gasteiger partial charge in [-0.25, -0.2) is 13.2 Å². The lowest BCUT2D eigenvalue weighted by Gasteiger charge is -2.11. The lowest BCUT2D eigenvalue weighted by molar-refractivity contribution is 0.0515. The third-order valence-electron chi connectivity index (χ3n) is 3.89. The molecule has 0 bridgehead atoms. The molecule has 0 fully saturated rings. The smallest absolute Gasteiger partial charge is 0.354 e. The number of nitrogens with zero attached hydrogens (tertiary/aromatic N) is 1. The highest BCUT2D eigenvalue weighted by Crippen LogP contribution is 2.25. The van der Waals surface area contributed by atoms with Crippen molar-refractivity contribution in [1.29, 1.82) is 0 Å². The molecule has 6 nitrogen and oxygen atoms in total. The maximum atomic E-state index is 12.7. The fourth-order valence-electron chi connectivity index (χ4n) is 2.47. The molecule has 0 atom stereocenters. The van der Waals surface area contributed by atoms with Crippen LogP contribution in [0.15, 0.2) is 29.2 Å². The number of sulfonamides is 1. The van der Waals surface area contributed by atoms with Crippen LogP contribution in [0.25, 0.3) is 0 Å². The van der Waals surface area contributed by atoms with Gasteiger partial charge in [-0.05, 0) is 45.4 Å². The van der Waals surface area contributed by atoms with Crippen LogP contribution in [0.4, 0.5) is 5.69 Å². The molecule has 0 unspecified atom stereocenters. The average molecular weight is 350 g/mol. The summed E-state index contributed by atoms with van der Waals surface area (Å²) in [6.45, 7) is 7.36. The number of esters is 1. The molecule has 7 heteroatoms. The number of aromatic nitrogens is 1. The van der Waals surface area contributed by atoms with Crippen molar-refractivity contribution in [2.24, 2.45) is 7.05 Å². The van der Waals surface area contributed by atoms with Gasteiger partial charge in [0.1, 0.15) is 10.6 Å². The lowest BCUT2D eigenvalue weighted by Crippen LogP contribution is -2.14. The Morgan fingerprint density at radius 1 is 1.21 bits per heavy atom. The predicted octanol–water partition coefficient (Wildman–Crippen LogP) is 2.93. The van der Waals surface area contributed by atoms with Gasteiger partial charge in [-0.2, -0.15) is 0 Å². The van der Waals surface area contributed by atoms with Crippen LogP contribution in [0.1, 0.15) is 34.2 Å². The summed E-state index contributed by atoms with van der Waals surface area (Å²) in [5.74, 6) is -0.545. The second kappa shape index (κ2) is 6.68. The quantitative estimate of drug-likeness (QED) is 0.841. The molecule has 1 heterocycles. The highest BCUT2D eigenvalue weighted by atomic mass is 32.2. The molecule has 1 aromatic heterocycles. The zero-order valence-corrected chi connectivity index (χ0v) is 15.3. The van der Waals surface area contributed by atoms with Crippen molar-refractivity contribution < 1.29 is 17.9 Å². The Bertz CT molecular complexity index is 882. The number of rotatable bonds is 5. The van der Waals surface area contributed by atoms with Crippen molar-refractivity contribution in [2.75, 3.05) is 11.3 Å². The average Bonchev–Trinajstić information content (AvgIpc) is 2.79. The van der Waals surface area contributed by atoms with Crippen LogP contribution in [0.5, 0.6) is 0 Å². The summed E-state index contributed by atoms with van der Waals surface area (Å²) in [4.78, 5) is 12.0. The molecule has 2 aromatic rings. The minimum absolute atomic E-state index is 0.0630. The van der Waals surface area contributed by atoms with Gasteiger partial charge in [-0.15, -0.1) is 0 Å². The third kappa shape index (κ3) is 3.46. The molecule has 0 aliphatic rings. The highest BCUT2D eigenvalue weighted by molar-refractivity contribution is 7.92. The van der Waals surface area contributed by atoms with E-state index in [1.54, 1.807) is 27.0 Å². The Balaban J connectivity index is 2.43. The van der Waals surface area contributed by atoms with Crippen LogP contribution in [-0.4, -0.2) is 25.6 Å². The molecule has 130 valence electrons. The minimum atomic E-state index is -3.81. The van der Waals surface area contributed by atoms with Gasteiger partial charge >= 0.3 is 5.97 Å². The van der Waals surface area contributed by atoms with E-state index >= 15 is 0 Å². The van der Waals surface area contributed by atoms with Gasteiger partial charge in [-0.3, -0.25) is 4.72 Å². The van der Waals surface area contributed by atoms with E-state index in [1.807, 2.05) is 26.0 Å². The van der Waals surface area contributed by atoms with Crippen LogP contribution >= 0.6 is 0 Å². The van der Waals surface area contributed by atoms with Crippen LogP contribution < -0.4 is 4.72 Å². The molecule has 0 amide bonds. The first kappa shape index (κ1) is 18.1. The zero-order valence-electron chi connectivity index (χ0n) is 14.5. The fraction of sp³-hybridized carbons (Fsp3) is 0.353. The maximum absolute atomic E-state index is 12.7. The SMILES string of the molecule is CCOC(=O)c1cc(S(=O)(=O)Nc2ccc(C)cc2C)c(C)n1C. The number of carbonyl (C=O) groups excluding carboxylic acids is 1. The Morgan fingerprint density at radius 2 is 1.88 bits per heavy atom. The molecule has 0 saturated heterocycles. The minimum Gasteiger partial charge on any atom is -0.461 e. The highest BCUT2D eigenvalue weighted by Gasteiger charge is 2.25. The van der Waals surface area contributed by atoms with E-state index in [-0.39, 0.29) is 17.2 Å². The molecule has 1 aromatic carbocycles. The molecule has 24 heavy (non-hydrogen) atoms. The van der Waals surface area contributed by atoms with Gasteiger partial charge in [-0.1, -0.05) is 17.7 Å². The van der Waals surface area contributed by atoms with Crippen molar-refractivity contribution in [1.82, 2.24) is 4.57 Å². The molecular formula is C17H22N2O4S. The van der Waals surface area contributed by atoms with Gasteiger partial charge in [0.05, 0.1) is 12.3 Å². The number of hydrogen-bond acceptors (Lipinski definition) is 4. The van der Waals surface area contributed by atoms with Crippen molar-refractivity contribution in [3.8, 4) is 0 Å². The number of nitrogens with one attached hydrogen (secondary N) is 1. The van der Waals surface area contributed by atoms with Gasteiger partial charge < -0.3 is 9.30 Å². The number of ether oxygens (including phenoxy) is 1. The van der Waals surface area contributed by atoms with Gasteiger partial charge in [0.2, 0.25) is 0 Å². The van der Waals surface area contributed by atoms with Crippen LogP contribution in [0, 0.1) is 20.8 Å². The molecule has 2 rings (SSSR count). The number of carbonyl (C=O) groups is 1. The summed E-state index contributed by atoms with van der Waals surface area (Å²) in [5, 5.41) is 0. The van der Waals surface area contributed by atoms with Crippen molar-refractivity contribution in [3.63, 3.8) is 0 Å². The summed E-state index contributed by atoms with van der Waals surface area (Å²) in [6.07, 6.45) is 0. The van der Waals surface area contributed by atoms with Gasteiger partial charge in [0.25, 0.3) is 10.0 Å². The first-order valence-corrected chi connectivity index (χ1v) is 9.09. The Labute approximate surface area is 142 Å². The van der Waals surface area contributed by atoms with Crippen LogP contribution in [0.2, 0.25) is 0 Å². The molecule has 1 N–H and O–H groups in total. The van der Waals surface area contributed by atoms with Gasteiger partial charge in [0.15, 0.2) is 0 Å². The van der Waals surface area contributed by atoms with E-state index in [2.05, 4.69) is 4.72 Å². The summed E-state index contributed by atoms with van der Waals surface area (Å²) < 4.78 is 34.5. The van der Waals surface area contributed by atoms with E-state index in [9.17, 15) is 13.2 Å². The number of benzene rings is 1. The summed E-state index contributed by atoms with van der Waals surface area (Å²) in [6, 6.07) is 6.82.